The molecule has 0 aliphatic heterocycles. The first-order valence-electron chi connectivity index (χ1n) is 12.4. The minimum Gasteiger partial charge on any atom is -0.334 e. The molecule has 5 aromatic rings. The van der Waals surface area contributed by atoms with Crippen LogP contribution in [-0.2, 0) is 24.3 Å². The molecular formula is C32H31N3O. The van der Waals surface area contributed by atoms with Crippen molar-refractivity contribution in [1.29, 1.82) is 0 Å². The quantitative estimate of drug-likeness (QED) is 0.264. The second-order valence-corrected chi connectivity index (χ2v) is 9.49. The van der Waals surface area contributed by atoms with Crippen LogP contribution in [0.15, 0.2) is 97.2 Å². The first-order valence-corrected chi connectivity index (χ1v) is 12.4. The van der Waals surface area contributed by atoms with E-state index in [1.807, 2.05) is 53.6 Å². The standard InChI is InChI=1S/C32H31N3O/c1-23-16-17-28(19-25(23)3)31-29(35-18-10-11-24(2)32(35)33-31)20-30(36)34(21-26-12-6-4-7-13-26)22-27-14-8-5-9-15-27/h4-19H,20-22H2,1-3H3. The van der Waals surface area contributed by atoms with E-state index in [1.165, 1.54) is 11.1 Å². The number of amides is 1. The van der Waals surface area contributed by atoms with Crippen molar-refractivity contribution in [3.63, 3.8) is 0 Å². The van der Waals surface area contributed by atoms with Crippen LogP contribution in [0, 0.1) is 20.8 Å². The Balaban J connectivity index is 1.55. The Bertz CT molecular complexity index is 1460. The molecule has 0 spiro atoms. The molecule has 0 atom stereocenters. The molecule has 2 heterocycles. The second kappa shape index (κ2) is 10.2. The molecule has 0 aliphatic rings. The lowest BCUT2D eigenvalue weighted by molar-refractivity contribution is -0.131. The lowest BCUT2D eigenvalue weighted by atomic mass is 10.0. The van der Waals surface area contributed by atoms with E-state index in [0.717, 1.165) is 39.3 Å². The fourth-order valence-corrected chi connectivity index (χ4v) is 4.64. The number of benzene rings is 3. The van der Waals surface area contributed by atoms with Crippen LogP contribution in [0.1, 0.15) is 33.5 Å². The summed E-state index contributed by atoms with van der Waals surface area (Å²) in [6.45, 7) is 7.41. The molecule has 0 bridgehead atoms. The SMILES string of the molecule is Cc1ccc(-c2nc3c(C)cccn3c2CC(=O)N(Cc2ccccc2)Cc2ccccc2)cc1C. The number of pyridine rings is 1. The first-order chi connectivity index (χ1) is 17.5. The third kappa shape index (κ3) is 4.94. The molecule has 5 rings (SSSR count). The normalized spacial score (nSPS) is 11.1. The average Bonchev–Trinajstić information content (AvgIpc) is 3.26. The molecule has 0 N–H and O–H groups in total. The molecule has 36 heavy (non-hydrogen) atoms. The molecule has 0 fully saturated rings. The molecule has 2 aromatic heterocycles. The minimum atomic E-state index is 0.0797. The zero-order valence-corrected chi connectivity index (χ0v) is 21.1. The van der Waals surface area contributed by atoms with Gasteiger partial charge in [-0.15, -0.1) is 0 Å². The molecule has 3 aromatic carbocycles. The number of carbonyl (C=O) groups excluding carboxylic acids is 1. The highest BCUT2D eigenvalue weighted by molar-refractivity contribution is 5.82. The molecule has 0 radical (unpaired) electrons. The highest BCUT2D eigenvalue weighted by Gasteiger charge is 2.22. The van der Waals surface area contributed by atoms with Crippen molar-refractivity contribution in [2.75, 3.05) is 0 Å². The molecule has 1 amide bonds. The smallest absolute Gasteiger partial charge is 0.229 e. The Kier molecular flexibility index (Phi) is 6.68. The highest BCUT2D eigenvalue weighted by atomic mass is 16.2. The van der Waals surface area contributed by atoms with Crippen LogP contribution in [0.4, 0.5) is 0 Å². The van der Waals surface area contributed by atoms with Crippen LogP contribution < -0.4 is 0 Å². The van der Waals surface area contributed by atoms with Gasteiger partial charge in [0, 0.05) is 24.8 Å². The third-order valence-corrected chi connectivity index (χ3v) is 6.83. The van der Waals surface area contributed by atoms with Crippen molar-refractivity contribution < 1.29 is 4.79 Å². The summed E-state index contributed by atoms with van der Waals surface area (Å²) in [5.41, 5.74) is 9.52. The number of hydrogen-bond donors (Lipinski definition) is 0. The van der Waals surface area contributed by atoms with Crippen molar-refractivity contribution in [1.82, 2.24) is 14.3 Å². The maximum absolute atomic E-state index is 13.9. The fourth-order valence-electron chi connectivity index (χ4n) is 4.64. The predicted octanol–water partition coefficient (Wildman–Crippen LogP) is 6.70. The van der Waals surface area contributed by atoms with Crippen LogP contribution in [0.25, 0.3) is 16.9 Å². The van der Waals surface area contributed by atoms with E-state index >= 15 is 0 Å². The Labute approximate surface area is 212 Å². The largest absolute Gasteiger partial charge is 0.334 e. The number of rotatable bonds is 7. The Hall–Kier alpha value is -4.18. The van der Waals surface area contributed by atoms with E-state index in [0.29, 0.717) is 13.1 Å². The van der Waals surface area contributed by atoms with E-state index in [9.17, 15) is 4.79 Å². The highest BCUT2D eigenvalue weighted by Crippen LogP contribution is 2.28. The molecule has 0 saturated heterocycles. The number of carbonyl (C=O) groups is 1. The van der Waals surface area contributed by atoms with E-state index in [2.05, 4.69) is 73.7 Å². The van der Waals surface area contributed by atoms with Gasteiger partial charge in [0.05, 0.1) is 17.8 Å². The monoisotopic (exact) mass is 473 g/mol. The zero-order valence-electron chi connectivity index (χ0n) is 21.1. The maximum Gasteiger partial charge on any atom is 0.229 e. The van der Waals surface area contributed by atoms with Gasteiger partial charge in [-0.25, -0.2) is 4.98 Å². The van der Waals surface area contributed by atoms with Gasteiger partial charge in [0.15, 0.2) is 0 Å². The number of aromatic nitrogens is 2. The molecule has 4 heteroatoms. The van der Waals surface area contributed by atoms with Gasteiger partial charge in [0.1, 0.15) is 5.65 Å². The van der Waals surface area contributed by atoms with Crippen LogP contribution in [0.2, 0.25) is 0 Å². The Morgan fingerprint density at radius 3 is 2.00 bits per heavy atom. The summed E-state index contributed by atoms with van der Waals surface area (Å²) in [7, 11) is 0. The summed E-state index contributed by atoms with van der Waals surface area (Å²) in [5.74, 6) is 0.0797. The van der Waals surface area contributed by atoms with Gasteiger partial charge in [-0.1, -0.05) is 78.9 Å². The Morgan fingerprint density at radius 1 is 0.750 bits per heavy atom. The number of hydrogen-bond acceptors (Lipinski definition) is 2. The molecule has 0 unspecified atom stereocenters. The van der Waals surface area contributed by atoms with E-state index in [-0.39, 0.29) is 12.3 Å². The van der Waals surface area contributed by atoms with Gasteiger partial charge in [0.25, 0.3) is 0 Å². The van der Waals surface area contributed by atoms with Crippen molar-refractivity contribution >= 4 is 11.6 Å². The van der Waals surface area contributed by atoms with Crippen molar-refractivity contribution in [3.05, 3.63) is 131 Å². The average molecular weight is 474 g/mol. The third-order valence-electron chi connectivity index (χ3n) is 6.83. The van der Waals surface area contributed by atoms with Gasteiger partial charge in [-0.05, 0) is 60.7 Å². The summed E-state index contributed by atoms with van der Waals surface area (Å²) < 4.78 is 2.08. The van der Waals surface area contributed by atoms with Crippen LogP contribution in [0.5, 0.6) is 0 Å². The van der Waals surface area contributed by atoms with Crippen LogP contribution in [-0.4, -0.2) is 20.2 Å². The maximum atomic E-state index is 13.9. The summed E-state index contributed by atoms with van der Waals surface area (Å²) in [5, 5.41) is 0. The zero-order chi connectivity index (χ0) is 25.1. The minimum absolute atomic E-state index is 0.0797. The number of fused-ring (bicyclic) bond motifs is 1. The van der Waals surface area contributed by atoms with Crippen molar-refractivity contribution in [2.45, 2.75) is 40.3 Å². The molecule has 4 nitrogen and oxygen atoms in total. The van der Waals surface area contributed by atoms with Crippen molar-refractivity contribution in [3.8, 4) is 11.3 Å². The van der Waals surface area contributed by atoms with Crippen LogP contribution >= 0.6 is 0 Å². The number of imidazole rings is 1. The number of aryl methyl sites for hydroxylation is 3. The van der Waals surface area contributed by atoms with Gasteiger partial charge in [-0.3, -0.25) is 4.79 Å². The molecule has 180 valence electrons. The molecule has 0 saturated carbocycles. The second-order valence-electron chi connectivity index (χ2n) is 9.49. The van der Waals surface area contributed by atoms with E-state index in [4.69, 9.17) is 4.98 Å². The van der Waals surface area contributed by atoms with Gasteiger partial charge in [-0.2, -0.15) is 0 Å². The fraction of sp³-hybridized carbons (Fsp3) is 0.188. The van der Waals surface area contributed by atoms with Gasteiger partial charge >= 0.3 is 0 Å². The first kappa shape index (κ1) is 23.6. The van der Waals surface area contributed by atoms with Gasteiger partial charge in [0.2, 0.25) is 5.91 Å². The van der Waals surface area contributed by atoms with Crippen molar-refractivity contribution in [2.24, 2.45) is 0 Å². The van der Waals surface area contributed by atoms with Crippen LogP contribution in [0.3, 0.4) is 0 Å². The summed E-state index contributed by atoms with van der Waals surface area (Å²) >= 11 is 0. The molecular weight excluding hydrogens is 442 g/mol. The summed E-state index contributed by atoms with van der Waals surface area (Å²) in [4.78, 5) is 20.9. The van der Waals surface area contributed by atoms with E-state index < -0.39 is 0 Å². The lowest BCUT2D eigenvalue weighted by Gasteiger charge is -2.23. The van der Waals surface area contributed by atoms with Gasteiger partial charge < -0.3 is 9.30 Å². The lowest BCUT2D eigenvalue weighted by Crippen LogP contribution is -2.31. The molecule has 0 aliphatic carbocycles. The Morgan fingerprint density at radius 2 is 1.39 bits per heavy atom. The summed E-state index contributed by atoms with van der Waals surface area (Å²) in [6.07, 6.45) is 2.29. The predicted molar refractivity (Wildman–Crippen MR) is 146 cm³/mol. The topological polar surface area (TPSA) is 37.6 Å². The number of nitrogens with zero attached hydrogens (tertiary/aromatic N) is 3. The van der Waals surface area contributed by atoms with E-state index in [1.54, 1.807) is 0 Å². The summed E-state index contributed by atoms with van der Waals surface area (Å²) in [6, 6.07) is 30.9.